The zero-order valence-corrected chi connectivity index (χ0v) is 12.0. The molecule has 1 amide bonds. The van der Waals surface area contributed by atoms with E-state index in [1.54, 1.807) is 0 Å². The highest BCUT2D eigenvalue weighted by molar-refractivity contribution is 9.10. The summed E-state index contributed by atoms with van der Waals surface area (Å²) in [5.74, 6) is 0.182. The van der Waals surface area contributed by atoms with Crippen molar-refractivity contribution in [2.24, 2.45) is 0 Å². The summed E-state index contributed by atoms with van der Waals surface area (Å²) in [6.07, 6.45) is 5.33. The second-order valence-corrected chi connectivity index (χ2v) is 5.47. The fourth-order valence-electron chi connectivity index (χ4n) is 2.14. The maximum absolute atomic E-state index is 12.5. The molecule has 1 aromatic heterocycles. The third kappa shape index (κ3) is 2.73. The Kier molecular flexibility index (Phi) is 3.92. The summed E-state index contributed by atoms with van der Waals surface area (Å²) in [5.41, 5.74) is 0.805. The SMILES string of the molecule is CCCN(C(=O)c1cc(Br)cn1CC)C1CC1. The van der Waals surface area contributed by atoms with E-state index in [1.165, 1.54) is 12.8 Å². The molecule has 0 aliphatic heterocycles. The van der Waals surface area contributed by atoms with Crippen LogP contribution in [0.3, 0.4) is 0 Å². The Bertz CT molecular complexity index is 410. The van der Waals surface area contributed by atoms with E-state index in [9.17, 15) is 4.79 Å². The van der Waals surface area contributed by atoms with Crippen LogP contribution in [0.1, 0.15) is 43.6 Å². The molecule has 0 atom stereocenters. The van der Waals surface area contributed by atoms with Gasteiger partial charge in [-0.15, -0.1) is 0 Å². The maximum Gasteiger partial charge on any atom is 0.270 e. The Morgan fingerprint density at radius 3 is 2.76 bits per heavy atom. The number of carbonyl (C=O) groups excluding carboxylic acids is 1. The van der Waals surface area contributed by atoms with Gasteiger partial charge in [-0.25, -0.2) is 0 Å². The van der Waals surface area contributed by atoms with E-state index < -0.39 is 0 Å². The number of amides is 1. The smallest absolute Gasteiger partial charge is 0.270 e. The molecule has 94 valence electrons. The van der Waals surface area contributed by atoms with E-state index in [2.05, 4.69) is 29.8 Å². The number of nitrogens with zero attached hydrogens (tertiary/aromatic N) is 2. The van der Waals surface area contributed by atoms with Gasteiger partial charge in [0.25, 0.3) is 5.91 Å². The lowest BCUT2D eigenvalue weighted by molar-refractivity contribution is 0.0732. The van der Waals surface area contributed by atoms with Crippen LogP contribution in [0.25, 0.3) is 0 Å². The molecule has 1 saturated carbocycles. The lowest BCUT2D eigenvalue weighted by Crippen LogP contribution is -2.35. The summed E-state index contributed by atoms with van der Waals surface area (Å²) >= 11 is 3.44. The quantitative estimate of drug-likeness (QED) is 0.819. The van der Waals surface area contributed by atoms with Crippen LogP contribution < -0.4 is 0 Å². The average molecular weight is 299 g/mol. The molecule has 0 radical (unpaired) electrons. The summed E-state index contributed by atoms with van der Waals surface area (Å²) in [7, 11) is 0. The van der Waals surface area contributed by atoms with Gasteiger partial charge in [0, 0.05) is 29.8 Å². The standard InChI is InChI=1S/C13H19BrN2O/c1-3-7-16(11-5-6-11)13(17)12-8-10(14)9-15(12)4-2/h8-9,11H,3-7H2,1-2H3. The van der Waals surface area contributed by atoms with E-state index in [0.29, 0.717) is 6.04 Å². The minimum Gasteiger partial charge on any atom is -0.343 e. The van der Waals surface area contributed by atoms with Gasteiger partial charge in [-0.1, -0.05) is 6.92 Å². The zero-order chi connectivity index (χ0) is 12.4. The van der Waals surface area contributed by atoms with Crippen molar-refractivity contribution in [1.82, 2.24) is 9.47 Å². The summed E-state index contributed by atoms with van der Waals surface area (Å²) in [5, 5.41) is 0. The van der Waals surface area contributed by atoms with Gasteiger partial charge in [0.05, 0.1) is 0 Å². The minimum atomic E-state index is 0.182. The van der Waals surface area contributed by atoms with Gasteiger partial charge < -0.3 is 9.47 Å². The topological polar surface area (TPSA) is 25.2 Å². The first-order valence-electron chi connectivity index (χ1n) is 6.34. The van der Waals surface area contributed by atoms with Gasteiger partial charge in [-0.3, -0.25) is 4.79 Å². The first-order valence-corrected chi connectivity index (χ1v) is 7.13. The first kappa shape index (κ1) is 12.7. The van der Waals surface area contributed by atoms with Gasteiger partial charge in [0.1, 0.15) is 5.69 Å². The Morgan fingerprint density at radius 1 is 1.53 bits per heavy atom. The summed E-state index contributed by atoms with van der Waals surface area (Å²) in [6, 6.07) is 2.41. The molecule has 0 N–H and O–H groups in total. The van der Waals surface area contributed by atoms with Crippen LogP contribution in [0.5, 0.6) is 0 Å². The molecule has 0 saturated heterocycles. The van der Waals surface area contributed by atoms with E-state index in [1.807, 2.05) is 21.7 Å². The summed E-state index contributed by atoms with van der Waals surface area (Å²) < 4.78 is 2.99. The molecule has 17 heavy (non-hydrogen) atoms. The lowest BCUT2D eigenvalue weighted by Gasteiger charge is -2.22. The van der Waals surface area contributed by atoms with Crippen molar-refractivity contribution in [1.29, 1.82) is 0 Å². The van der Waals surface area contributed by atoms with Crippen molar-refractivity contribution in [3.63, 3.8) is 0 Å². The number of carbonyl (C=O) groups is 1. The number of aromatic nitrogens is 1. The van der Waals surface area contributed by atoms with Crippen LogP contribution >= 0.6 is 15.9 Å². The molecule has 0 unspecified atom stereocenters. The first-order chi connectivity index (χ1) is 8.17. The molecule has 2 rings (SSSR count). The van der Waals surface area contributed by atoms with Crippen LogP contribution in [-0.2, 0) is 6.54 Å². The van der Waals surface area contributed by atoms with Crippen LogP contribution in [0, 0.1) is 0 Å². The van der Waals surface area contributed by atoms with Gasteiger partial charge in [0.15, 0.2) is 0 Å². The Labute approximate surface area is 111 Å². The molecule has 3 nitrogen and oxygen atoms in total. The van der Waals surface area contributed by atoms with Crippen LogP contribution in [0.4, 0.5) is 0 Å². The van der Waals surface area contributed by atoms with Crippen molar-refractivity contribution >= 4 is 21.8 Å². The normalized spacial score (nSPS) is 15.0. The van der Waals surface area contributed by atoms with Gasteiger partial charge >= 0.3 is 0 Å². The van der Waals surface area contributed by atoms with Crippen molar-refractivity contribution in [2.45, 2.75) is 45.7 Å². The second-order valence-electron chi connectivity index (χ2n) is 4.56. The molecule has 0 spiro atoms. The maximum atomic E-state index is 12.5. The molecular weight excluding hydrogens is 280 g/mol. The lowest BCUT2D eigenvalue weighted by atomic mass is 10.3. The Hall–Kier alpha value is -0.770. The van der Waals surface area contributed by atoms with E-state index in [4.69, 9.17) is 0 Å². The molecule has 0 bridgehead atoms. The average Bonchev–Trinajstić information content (AvgIpc) is 3.08. The predicted octanol–water partition coefficient (Wildman–Crippen LogP) is 3.29. The highest BCUT2D eigenvalue weighted by atomic mass is 79.9. The molecule has 1 aromatic rings. The van der Waals surface area contributed by atoms with Crippen LogP contribution in [0.15, 0.2) is 16.7 Å². The second kappa shape index (κ2) is 5.25. The highest BCUT2D eigenvalue weighted by Crippen LogP contribution is 2.29. The molecule has 1 fully saturated rings. The third-order valence-electron chi connectivity index (χ3n) is 3.14. The molecule has 0 aromatic carbocycles. The van der Waals surface area contributed by atoms with Gasteiger partial charge in [-0.05, 0) is 48.2 Å². The molecule has 1 aliphatic rings. The summed E-state index contributed by atoms with van der Waals surface area (Å²) in [6.45, 7) is 5.88. The number of rotatable bonds is 5. The van der Waals surface area contributed by atoms with Crippen molar-refractivity contribution in [3.8, 4) is 0 Å². The van der Waals surface area contributed by atoms with Crippen molar-refractivity contribution in [3.05, 3.63) is 22.4 Å². The minimum absolute atomic E-state index is 0.182. The van der Waals surface area contributed by atoms with Gasteiger partial charge in [0.2, 0.25) is 0 Å². The Morgan fingerprint density at radius 2 is 2.24 bits per heavy atom. The van der Waals surface area contributed by atoms with Gasteiger partial charge in [-0.2, -0.15) is 0 Å². The number of hydrogen-bond acceptors (Lipinski definition) is 1. The number of hydrogen-bond donors (Lipinski definition) is 0. The van der Waals surface area contributed by atoms with Crippen molar-refractivity contribution in [2.75, 3.05) is 6.54 Å². The number of aryl methyl sites for hydroxylation is 1. The highest BCUT2D eigenvalue weighted by Gasteiger charge is 2.33. The molecule has 1 aliphatic carbocycles. The number of halogens is 1. The molecular formula is C13H19BrN2O. The fourth-order valence-corrected chi connectivity index (χ4v) is 2.60. The zero-order valence-electron chi connectivity index (χ0n) is 10.4. The largest absolute Gasteiger partial charge is 0.343 e. The van der Waals surface area contributed by atoms with E-state index in [0.717, 1.165) is 29.7 Å². The van der Waals surface area contributed by atoms with Crippen LogP contribution in [-0.4, -0.2) is 28.0 Å². The molecule has 4 heteroatoms. The van der Waals surface area contributed by atoms with E-state index in [-0.39, 0.29) is 5.91 Å². The van der Waals surface area contributed by atoms with E-state index >= 15 is 0 Å². The predicted molar refractivity (Wildman–Crippen MR) is 72.2 cm³/mol. The monoisotopic (exact) mass is 298 g/mol. The fraction of sp³-hybridized carbons (Fsp3) is 0.615. The Balaban J connectivity index is 2.21. The van der Waals surface area contributed by atoms with Crippen molar-refractivity contribution < 1.29 is 4.79 Å². The summed E-state index contributed by atoms with van der Waals surface area (Å²) in [4.78, 5) is 14.5. The van der Waals surface area contributed by atoms with Crippen LogP contribution in [0.2, 0.25) is 0 Å². The molecule has 1 heterocycles. The third-order valence-corrected chi connectivity index (χ3v) is 3.57.